The molecule has 2 aromatic rings. The maximum absolute atomic E-state index is 12.2. The highest BCUT2D eigenvalue weighted by Gasteiger charge is 2.31. The van der Waals surface area contributed by atoms with Crippen LogP contribution in [0.15, 0.2) is 22.8 Å². The van der Waals surface area contributed by atoms with Crippen LogP contribution in [0.1, 0.15) is 37.6 Å². The molecule has 10 nitrogen and oxygen atoms in total. The number of carbonyl (C=O) groups excluding carboxylic acids is 1. The van der Waals surface area contributed by atoms with Crippen molar-refractivity contribution in [3.05, 3.63) is 34.7 Å². The van der Waals surface area contributed by atoms with E-state index in [1.165, 1.54) is 23.6 Å². The van der Waals surface area contributed by atoms with Gasteiger partial charge in [-0.25, -0.2) is 19.9 Å². The number of pyridine rings is 1. The number of morpholine rings is 1. The van der Waals surface area contributed by atoms with Crippen LogP contribution in [0.3, 0.4) is 0 Å². The molecule has 10 heteroatoms. The highest BCUT2D eigenvalue weighted by atomic mass is 16.5. The predicted molar refractivity (Wildman–Crippen MR) is 146 cm³/mol. The molecule has 2 saturated heterocycles. The Labute approximate surface area is 223 Å². The number of hydrogen-bond acceptors (Lipinski definition) is 9. The van der Waals surface area contributed by atoms with Gasteiger partial charge in [-0.15, -0.1) is 0 Å². The summed E-state index contributed by atoms with van der Waals surface area (Å²) < 4.78 is 5.63. The maximum atomic E-state index is 12.2. The van der Waals surface area contributed by atoms with E-state index in [4.69, 9.17) is 14.7 Å². The Balaban J connectivity index is 1.28. The third kappa shape index (κ3) is 4.72. The van der Waals surface area contributed by atoms with Gasteiger partial charge in [-0.1, -0.05) is 0 Å². The smallest absolute Gasteiger partial charge is 0.251 e. The molecule has 0 bridgehead atoms. The van der Waals surface area contributed by atoms with Gasteiger partial charge in [0.05, 0.1) is 18.9 Å². The first-order valence-electron chi connectivity index (χ1n) is 13.5. The first-order valence-corrected chi connectivity index (χ1v) is 13.5. The molecular formula is C28H35N7O3. The molecule has 5 heterocycles. The minimum absolute atomic E-state index is 0.186. The van der Waals surface area contributed by atoms with Gasteiger partial charge in [-0.3, -0.25) is 9.69 Å². The second-order valence-corrected chi connectivity index (χ2v) is 10.7. The van der Waals surface area contributed by atoms with Crippen molar-refractivity contribution in [3.8, 4) is 11.4 Å². The largest absolute Gasteiger partial charge is 0.384 e. The maximum Gasteiger partial charge on any atom is 0.251 e. The molecule has 38 heavy (non-hydrogen) atoms. The number of aliphatic imine (C=N–C) groups is 1. The van der Waals surface area contributed by atoms with E-state index in [9.17, 15) is 9.90 Å². The highest BCUT2D eigenvalue weighted by molar-refractivity contribution is 5.91. The molecule has 1 amide bonds. The number of aromatic nitrogens is 3. The molecule has 2 fully saturated rings. The Kier molecular flexibility index (Phi) is 6.71. The zero-order valence-corrected chi connectivity index (χ0v) is 22.4. The number of carbonyl (C=O) groups is 1. The summed E-state index contributed by atoms with van der Waals surface area (Å²) in [5, 5.41) is 9.65. The lowest BCUT2D eigenvalue weighted by molar-refractivity contribution is -0.140. The molecule has 1 atom stereocenters. The van der Waals surface area contributed by atoms with Gasteiger partial charge in [0.25, 0.3) is 5.91 Å². The van der Waals surface area contributed by atoms with Crippen LogP contribution in [0.25, 0.3) is 17.0 Å². The minimum atomic E-state index is -0.945. The SMILES string of the molecule is CC1=Nc2ncc(-c3nc4c(c(N5CCOCC5)n3)CC(CN3CCN(C(=O)[C@H](C)O)CC3)=C4C)cc2C1. The number of anilines is 1. The van der Waals surface area contributed by atoms with Crippen molar-refractivity contribution in [3.63, 3.8) is 0 Å². The van der Waals surface area contributed by atoms with E-state index in [-0.39, 0.29) is 5.91 Å². The first kappa shape index (κ1) is 25.1. The van der Waals surface area contributed by atoms with Gasteiger partial charge >= 0.3 is 0 Å². The number of aliphatic hydroxyl groups is 1. The average Bonchev–Trinajstić information content (AvgIpc) is 3.46. The lowest BCUT2D eigenvalue weighted by atomic mass is 10.1. The number of nitrogens with zero attached hydrogens (tertiary/aromatic N) is 7. The van der Waals surface area contributed by atoms with E-state index in [0.717, 1.165) is 79.7 Å². The molecule has 1 N–H and O–H groups in total. The van der Waals surface area contributed by atoms with Crippen molar-refractivity contribution in [2.75, 3.05) is 63.9 Å². The molecule has 4 aliphatic rings. The molecular weight excluding hydrogens is 482 g/mol. The third-order valence-electron chi connectivity index (χ3n) is 7.97. The van der Waals surface area contributed by atoms with Crippen molar-refractivity contribution in [1.82, 2.24) is 24.8 Å². The van der Waals surface area contributed by atoms with Crippen molar-refractivity contribution in [2.24, 2.45) is 4.99 Å². The van der Waals surface area contributed by atoms with Crippen LogP contribution in [0.5, 0.6) is 0 Å². The standard InChI is InChI=1S/C28H35N7O3/c1-17-12-20-13-21(15-29-25(20)30-17)26-31-24-18(2)22(14-23(24)27(32-26)34-8-10-38-11-9-34)16-33-4-6-35(7-5-33)28(37)19(3)36/h13,15,19,36H,4-12,14,16H2,1-3H3/t19-/m0/s1. The van der Waals surface area contributed by atoms with E-state index in [0.29, 0.717) is 32.1 Å². The first-order chi connectivity index (χ1) is 18.4. The fraction of sp³-hybridized carbons (Fsp3) is 0.536. The summed E-state index contributed by atoms with van der Waals surface area (Å²) >= 11 is 0. The van der Waals surface area contributed by atoms with Gasteiger partial charge in [-0.2, -0.15) is 0 Å². The van der Waals surface area contributed by atoms with E-state index < -0.39 is 6.10 Å². The van der Waals surface area contributed by atoms with Gasteiger partial charge < -0.3 is 19.6 Å². The summed E-state index contributed by atoms with van der Waals surface area (Å²) in [5.41, 5.74) is 7.92. The van der Waals surface area contributed by atoms with Crippen LogP contribution in [0, 0.1) is 0 Å². The second kappa shape index (κ2) is 10.2. The van der Waals surface area contributed by atoms with Gasteiger partial charge in [0.1, 0.15) is 11.9 Å². The van der Waals surface area contributed by atoms with Crippen molar-refractivity contribution >= 4 is 28.8 Å². The Morgan fingerprint density at radius 3 is 2.58 bits per heavy atom. The number of piperazine rings is 1. The Hall–Kier alpha value is -3.21. The van der Waals surface area contributed by atoms with Crippen LogP contribution in [0.4, 0.5) is 11.6 Å². The van der Waals surface area contributed by atoms with Crippen LogP contribution in [-0.2, 0) is 22.4 Å². The quantitative estimate of drug-likeness (QED) is 0.641. The number of aliphatic hydroxyl groups excluding tert-OH is 1. The normalized spacial score (nSPS) is 20.5. The van der Waals surface area contributed by atoms with Gasteiger partial charge in [0, 0.05) is 87.3 Å². The van der Waals surface area contributed by atoms with Crippen molar-refractivity contribution in [1.29, 1.82) is 0 Å². The molecule has 0 unspecified atom stereocenters. The monoisotopic (exact) mass is 517 g/mol. The van der Waals surface area contributed by atoms with E-state index in [1.54, 1.807) is 4.90 Å². The molecule has 6 rings (SSSR count). The molecule has 0 radical (unpaired) electrons. The van der Waals surface area contributed by atoms with Crippen LogP contribution >= 0.6 is 0 Å². The molecule has 0 spiro atoms. The fourth-order valence-corrected chi connectivity index (χ4v) is 5.81. The average molecular weight is 518 g/mol. The number of rotatable bonds is 5. The highest BCUT2D eigenvalue weighted by Crippen LogP contribution is 2.39. The third-order valence-corrected chi connectivity index (χ3v) is 7.97. The summed E-state index contributed by atoms with van der Waals surface area (Å²) in [5.74, 6) is 2.32. The number of fused-ring (bicyclic) bond motifs is 2. The summed E-state index contributed by atoms with van der Waals surface area (Å²) in [6.45, 7) is 12.5. The number of amides is 1. The van der Waals surface area contributed by atoms with Crippen LogP contribution in [0.2, 0.25) is 0 Å². The molecule has 2 aromatic heterocycles. The molecule has 1 aliphatic carbocycles. The van der Waals surface area contributed by atoms with Crippen LogP contribution < -0.4 is 4.90 Å². The van der Waals surface area contributed by atoms with Gasteiger partial charge in [-0.05, 0) is 38.0 Å². The number of allylic oxidation sites excluding steroid dienone is 1. The van der Waals surface area contributed by atoms with Crippen molar-refractivity contribution in [2.45, 2.75) is 39.7 Å². The topological polar surface area (TPSA) is 107 Å². The lowest BCUT2D eigenvalue weighted by Crippen LogP contribution is -2.51. The van der Waals surface area contributed by atoms with Crippen LogP contribution in [-0.4, -0.2) is 107 Å². The summed E-state index contributed by atoms with van der Waals surface area (Å²) in [4.78, 5) is 38.0. The van der Waals surface area contributed by atoms with E-state index >= 15 is 0 Å². The predicted octanol–water partition coefficient (Wildman–Crippen LogP) is 1.88. The summed E-state index contributed by atoms with van der Waals surface area (Å²) in [6.07, 6.45) is 2.54. The molecule has 200 valence electrons. The van der Waals surface area contributed by atoms with E-state index in [2.05, 4.69) is 32.8 Å². The fourth-order valence-electron chi connectivity index (χ4n) is 5.81. The second-order valence-electron chi connectivity index (χ2n) is 10.7. The zero-order chi connectivity index (χ0) is 26.4. The Morgan fingerprint density at radius 1 is 1.08 bits per heavy atom. The van der Waals surface area contributed by atoms with Gasteiger partial charge in [0.15, 0.2) is 11.6 Å². The van der Waals surface area contributed by atoms with Gasteiger partial charge in [0.2, 0.25) is 0 Å². The molecule has 0 saturated carbocycles. The number of ether oxygens (including phenoxy) is 1. The Bertz CT molecular complexity index is 1320. The summed E-state index contributed by atoms with van der Waals surface area (Å²) in [7, 11) is 0. The van der Waals surface area contributed by atoms with E-state index in [1.807, 2.05) is 13.1 Å². The lowest BCUT2D eigenvalue weighted by Gasteiger charge is -2.35. The zero-order valence-electron chi connectivity index (χ0n) is 22.4. The van der Waals surface area contributed by atoms with Crippen molar-refractivity contribution < 1.29 is 14.6 Å². The minimum Gasteiger partial charge on any atom is -0.384 e. The molecule has 3 aliphatic heterocycles. The molecule has 0 aromatic carbocycles. The summed E-state index contributed by atoms with van der Waals surface area (Å²) in [6, 6.07) is 2.13. The Morgan fingerprint density at radius 2 is 1.84 bits per heavy atom. The number of hydrogen-bond donors (Lipinski definition) is 1.